The summed E-state index contributed by atoms with van der Waals surface area (Å²) in [5.41, 5.74) is 3.84. The smallest absolute Gasteiger partial charge is 0.266 e. The highest BCUT2D eigenvalue weighted by Gasteiger charge is 2.37. The molecule has 0 atom stereocenters. The molecular formula is C24H21Br2NO2. The van der Waals surface area contributed by atoms with Crippen LogP contribution in [0.25, 0.3) is 10.8 Å². The van der Waals surface area contributed by atoms with E-state index in [0.717, 1.165) is 31.1 Å². The summed E-state index contributed by atoms with van der Waals surface area (Å²) in [5, 5.41) is 1.55. The molecule has 0 unspecified atom stereocenters. The molecule has 0 aliphatic carbocycles. The fraction of sp³-hybridized carbons (Fsp3) is 0.250. The van der Waals surface area contributed by atoms with Gasteiger partial charge in [-0.15, -0.1) is 0 Å². The topological polar surface area (TPSA) is 37.4 Å². The van der Waals surface area contributed by atoms with Crippen molar-refractivity contribution in [3.8, 4) is 0 Å². The molecule has 148 valence electrons. The summed E-state index contributed by atoms with van der Waals surface area (Å²) in [4.78, 5) is 28.7. The second-order valence-electron chi connectivity index (χ2n) is 7.98. The van der Waals surface area contributed by atoms with E-state index < -0.39 is 0 Å². The monoisotopic (exact) mass is 513 g/mol. The SMILES string of the molecule is CC(C)c1cccc(C(C)C)c1N1C(=O)c2ccc(Br)c3c(Br)ccc(c23)C1=O. The van der Waals surface area contributed by atoms with Gasteiger partial charge in [-0.25, -0.2) is 4.90 Å². The molecule has 3 nitrogen and oxygen atoms in total. The molecule has 4 rings (SSSR count). The number of benzene rings is 3. The van der Waals surface area contributed by atoms with Gasteiger partial charge < -0.3 is 0 Å². The van der Waals surface area contributed by atoms with Crippen molar-refractivity contribution in [1.82, 2.24) is 0 Å². The molecule has 0 N–H and O–H groups in total. The van der Waals surface area contributed by atoms with Crippen LogP contribution in [-0.4, -0.2) is 11.8 Å². The van der Waals surface area contributed by atoms with Crippen molar-refractivity contribution in [3.63, 3.8) is 0 Å². The van der Waals surface area contributed by atoms with Crippen molar-refractivity contribution in [3.05, 3.63) is 73.7 Å². The first kappa shape index (κ1) is 20.3. The minimum absolute atomic E-state index is 0.181. The normalized spacial score (nSPS) is 13.9. The first-order chi connectivity index (χ1) is 13.7. The molecule has 0 saturated carbocycles. The lowest BCUT2D eigenvalue weighted by Gasteiger charge is -2.32. The number of amides is 2. The van der Waals surface area contributed by atoms with E-state index in [1.54, 1.807) is 12.1 Å². The molecule has 0 radical (unpaired) electrons. The molecule has 1 aliphatic rings. The highest BCUT2D eigenvalue weighted by Crippen LogP contribution is 2.43. The maximum atomic E-state index is 13.7. The Labute approximate surface area is 187 Å². The lowest BCUT2D eigenvalue weighted by molar-refractivity contribution is 0.0893. The fourth-order valence-corrected chi connectivity index (χ4v) is 5.43. The van der Waals surface area contributed by atoms with Gasteiger partial charge in [-0.05, 0) is 47.2 Å². The summed E-state index contributed by atoms with van der Waals surface area (Å²) in [7, 11) is 0. The Morgan fingerprint density at radius 3 is 1.55 bits per heavy atom. The molecule has 1 heterocycles. The van der Waals surface area contributed by atoms with Gasteiger partial charge in [0.25, 0.3) is 11.8 Å². The minimum Gasteiger partial charge on any atom is -0.268 e. The Balaban J connectivity index is 2.05. The van der Waals surface area contributed by atoms with Gasteiger partial charge in [-0.3, -0.25) is 9.59 Å². The molecule has 2 amide bonds. The number of nitrogens with zero attached hydrogens (tertiary/aromatic N) is 1. The number of carbonyl (C=O) groups is 2. The molecule has 0 aromatic heterocycles. The van der Waals surface area contributed by atoms with E-state index in [1.165, 1.54) is 4.90 Å². The van der Waals surface area contributed by atoms with E-state index in [-0.39, 0.29) is 23.7 Å². The summed E-state index contributed by atoms with van der Waals surface area (Å²) < 4.78 is 1.70. The Kier molecular flexibility index (Phi) is 5.16. The molecule has 0 saturated heterocycles. The van der Waals surface area contributed by atoms with E-state index in [4.69, 9.17) is 0 Å². The summed E-state index contributed by atoms with van der Waals surface area (Å²) in [5.74, 6) is -0.178. The average molecular weight is 515 g/mol. The number of carbonyl (C=O) groups excluding carboxylic acids is 2. The van der Waals surface area contributed by atoms with Gasteiger partial charge in [0.15, 0.2) is 0 Å². The third-order valence-corrected chi connectivity index (χ3v) is 6.81. The van der Waals surface area contributed by atoms with Crippen LogP contribution in [0, 0.1) is 0 Å². The molecule has 1 aliphatic heterocycles. The quantitative estimate of drug-likeness (QED) is 0.341. The first-order valence-electron chi connectivity index (χ1n) is 9.66. The van der Waals surface area contributed by atoms with Crippen LogP contribution in [0.3, 0.4) is 0 Å². The van der Waals surface area contributed by atoms with Crippen LogP contribution in [0.4, 0.5) is 5.69 Å². The number of rotatable bonds is 3. The van der Waals surface area contributed by atoms with Crippen molar-refractivity contribution >= 4 is 60.1 Å². The summed E-state index contributed by atoms with van der Waals surface area (Å²) in [6, 6.07) is 13.4. The van der Waals surface area contributed by atoms with E-state index in [9.17, 15) is 9.59 Å². The second kappa shape index (κ2) is 7.37. The molecule has 3 aromatic carbocycles. The van der Waals surface area contributed by atoms with Gasteiger partial charge in [0.2, 0.25) is 0 Å². The van der Waals surface area contributed by atoms with Crippen molar-refractivity contribution in [2.45, 2.75) is 39.5 Å². The lowest BCUT2D eigenvalue weighted by atomic mass is 9.88. The van der Waals surface area contributed by atoms with Gasteiger partial charge in [0.05, 0.1) is 5.69 Å². The first-order valence-corrected chi connectivity index (χ1v) is 11.2. The summed E-state index contributed by atoms with van der Waals surface area (Å²) in [6.45, 7) is 8.35. The van der Waals surface area contributed by atoms with Gasteiger partial charge in [-0.2, -0.15) is 0 Å². The molecule has 0 bridgehead atoms. The molecule has 5 heteroatoms. The largest absolute Gasteiger partial charge is 0.268 e. The van der Waals surface area contributed by atoms with Crippen LogP contribution in [0.5, 0.6) is 0 Å². The van der Waals surface area contributed by atoms with Crippen molar-refractivity contribution in [1.29, 1.82) is 0 Å². The molecular weight excluding hydrogens is 494 g/mol. The Bertz CT molecular complexity index is 1100. The van der Waals surface area contributed by atoms with Crippen LogP contribution in [0.2, 0.25) is 0 Å². The maximum absolute atomic E-state index is 13.7. The molecule has 0 spiro atoms. The Morgan fingerprint density at radius 2 is 1.14 bits per heavy atom. The Hall–Kier alpha value is -1.98. The van der Waals surface area contributed by atoms with Crippen molar-refractivity contribution < 1.29 is 9.59 Å². The minimum atomic E-state index is -0.270. The second-order valence-corrected chi connectivity index (χ2v) is 9.69. The maximum Gasteiger partial charge on any atom is 0.266 e. The number of anilines is 1. The summed E-state index contributed by atoms with van der Waals surface area (Å²) >= 11 is 7.13. The Morgan fingerprint density at radius 1 is 0.690 bits per heavy atom. The van der Waals surface area contributed by atoms with E-state index in [0.29, 0.717) is 16.5 Å². The zero-order valence-electron chi connectivity index (χ0n) is 16.7. The van der Waals surface area contributed by atoms with Crippen LogP contribution < -0.4 is 4.90 Å². The van der Waals surface area contributed by atoms with E-state index >= 15 is 0 Å². The van der Waals surface area contributed by atoms with Gasteiger partial charge in [0.1, 0.15) is 0 Å². The van der Waals surface area contributed by atoms with E-state index in [2.05, 4.69) is 59.6 Å². The number of imide groups is 1. The van der Waals surface area contributed by atoms with Gasteiger partial charge >= 0.3 is 0 Å². The van der Waals surface area contributed by atoms with Crippen LogP contribution in [-0.2, 0) is 0 Å². The van der Waals surface area contributed by atoms with Gasteiger partial charge in [0, 0.05) is 30.8 Å². The highest BCUT2D eigenvalue weighted by atomic mass is 79.9. The molecule has 29 heavy (non-hydrogen) atoms. The average Bonchev–Trinajstić information content (AvgIpc) is 2.67. The van der Waals surface area contributed by atoms with E-state index in [1.807, 2.05) is 30.3 Å². The highest BCUT2D eigenvalue weighted by molar-refractivity contribution is 9.11. The predicted octanol–water partition coefficient (Wildman–Crippen LogP) is 7.41. The van der Waals surface area contributed by atoms with Crippen LogP contribution in [0.15, 0.2) is 51.4 Å². The zero-order valence-corrected chi connectivity index (χ0v) is 19.9. The number of hydrogen-bond donors (Lipinski definition) is 0. The number of halogens is 2. The van der Waals surface area contributed by atoms with Crippen LogP contribution in [0.1, 0.15) is 71.4 Å². The number of para-hydroxylation sites is 1. The summed E-state index contributed by atoms with van der Waals surface area (Å²) in [6.07, 6.45) is 0. The number of hydrogen-bond acceptors (Lipinski definition) is 2. The molecule has 0 fully saturated rings. The third kappa shape index (κ3) is 3.06. The molecule has 3 aromatic rings. The predicted molar refractivity (Wildman–Crippen MR) is 125 cm³/mol. The standard InChI is InChI=1S/C24H21Br2NO2/c1-12(2)14-6-5-7-15(13(3)4)22(14)27-23(28)16-8-10-18(25)21-19(26)11-9-17(20(16)21)24(27)29/h5-13H,1-4H3. The zero-order chi connectivity index (χ0) is 21.0. The van der Waals surface area contributed by atoms with Gasteiger partial charge in [-0.1, -0.05) is 77.8 Å². The van der Waals surface area contributed by atoms with Crippen molar-refractivity contribution in [2.24, 2.45) is 0 Å². The lowest BCUT2D eigenvalue weighted by Crippen LogP contribution is -2.41. The van der Waals surface area contributed by atoms with Crippen LogP contribution >= 0.6 is 31.9 Å². The van der Waals surface area contributed by atoms with Crippen molar-refractivity contribution in [2.75, 3.05) is 4.90 Å². The fourth-order valence-electron chi connectivity index (χ4n) is 4.08. The third-order valence-electron chi connectivity index (χ3n) is 5.49.